The van der Waals surface area contributed by atoms with E-state index in [-0.39, 0.29) is 5.75 Å². The van der Waals surface area contributed by atoms with Gasteiger partial charge in [0.25, 0.3) is 0 Å². The Bertz CT molecular complexity index is 229. The number of hydrogen-bond donors (Lipinski definition) is 1. The average molecular weight is 177 g/mol. The van der Waals surface area contributed by atoms with Gasteiger partial charge in [-0.1, -0.05) is 6.92 Å². The number of rotatable bonds is 4. The number of hydrogen-bond acceptors (Lipinski definition) is 3. The van der Waals surface area contributed by atoms with Gasteiger partial charge < -0.3 is 5.32 Å². The highest BCUT2D eigenvalue weighted by atomic mass is 32.2. The van der Waals surface area contributed by atoms with Crippen molar-refractivity contribution in [3.8, 4) is 0 Å². The minimum absolute atomic E-state index is 0.272. The lowest BCUT2D eigenvalue weighted by Crippen LogP contribution is -2.34. The van der Waals surface area contributed by atoms with Crippen LogP contribution in [0.1, 0.15) is 19.8 Å². The van der Waals surface area contributed by atoms with E-state index in [1.165, 1.54) is 0 Å². The molecule has 1 fully saturated rings. The Balaban J connectivity index is 2.73. The molecule has 0 aliphatic heterocycles. The third kappa shape index (κ3) is 1.42. The molecule has 0 radical (unpaired) electrons. The van der Waals surface area contributed by atoms with E-state index < -0.39 is 14.6 Å². The second-order valence-electron chi connectivity index (χ2n) is 3.12. The molecule has 1 saturated carbocycles. The van der Waals surface area contributed by atoms with E-state index in [4.69, 9.17) is 0 Å². The van der Waals surface area contributed by atoms with E-state index >= 15 is 0 Å². The van der Waals surface area contributed by atoms with Crippen LogP contribution < -0.4 is 5.32 Å². The summed E-state index contributed by atoms with van der Waals surface area (Å²) in [6.07, 6.45) is 1.67. The summed E-state index contributed by atoms with van der Waals surface area (Å²) in [4.78, 5) is 0. The molecule has 0 unspecified atom stereocenters. The summed E-state index contributed by atoms with van der Waals surface area (Å²) < 4.78 is 22.5. The normalized spacial score (nSPS) is 21.6. The molecule has 0 atom stereocenters. The van der Waals surface area contributed by atoms with Gasteiger partial charge in [0.1, 0.15) is 0 Å². The molecule has 0 amide bonds. The monoisotopic (exact) mass is 177 g/mol. The minimum Gasteiger partial charge on any atom is -0.318 e. The first-order valence-electron chi connectivity index (χ1n) is 3.95. The highest BCUT2D eigenvalue weighted by Gasteiger charge is 2.52. The van der Waals surface area contributed by atoms with Crippen LogP contribution in [0.5, 0.6) is 0 Å². The lowest BCUT2D eigenvalue weighted by Gasteiger charge is -2.13. The molecule has 0 heterocycles. The van der Waals surface area contributed by atoms with Gasteiger partial charge in [-0.3, -0.25) is 0 Å². The van der Waals surface area contributed by atoms with Crippen LogP contribution in [0.25, 0.3) is 0 Å². The molecule has 0 bridgehead atoms. The van der Waals surface area contributed by atoms with Gasteiger partial charge in [0.05, 0.1) is 4.75 Å². The fourth-order valence-electron chi connectivity index (χ4n) is 1.37. The molecule has 3 nitrogen and oxygen atoms in total. The summed E-state index contributed by atoms with van der Waals surface area (Å²) in [6.45, 7) is 2.33. The van der Waals surface area contributed by atoms with E-state index in [9.17, 15) is 8.42 Å². The Kier molecular flexibility index (Phi) is 2.25. The first kappa shape index (κ1) is 9.00. The van der Waals surface area contributed by atoms with Crippen LogP contribution in [0.3, 0.4) is 0 Å². The molecule has 11 heavy (non-hydrogen) atoms. The Labute approximate surface area is 68.1 Å². The van der Waals surface area contributed by atoms with E-state index in [2.05, 4.69) is 5.32 Å². The summed E-state index contributed by atoms with van der Waals surface area (Å²) in [5.74, 6) is 0.272. The molecule has 1 aliphatic rings. The van der Waals surface area contributed by atoms with E-state index in [1.807, 2.05) is 0 Å². The average Bonchev–Trinajstić information content (AvgIpc) is 2.70. The molecule has 1 N–H and O–H groups in total. The van der Waals surface area contributed by atoms with Crippen LogP contribution in [-0.4, -0.2) is 32.5 Å². The molecule has 0 aromatic carbocycles. The summed E-state index contributed by atoms with van der Waals surface area (Å²) >= 11 is 0. The van der Waals surface area contributed by atoms with Crippen LogP contribution in [0.2, 0.25) is 0 Å². The third-order valence-corrected chi connectivity index (χ3v) is 4.98. The molecular formula is C7H15NO2S. The van der Waals surface area contributed by atoms with Crippen molar-refractivity contribution >= 4 is 9.84 Å². The second-order valence-corrected chi connectivity index (χ2v) is 5.79. The maximum absolute atomic E-state index is 11.4. The fraction of sp³-hybridized carbons (Fsp3) is 1.00. The predicted molar refractivity (Wildman–Crippen MR) is 45.4 cm³/mol. The SMILES string of the molecule is CCS(=O)(=O)C1(CNC)CC1. The van der Waals surface area contributed by atoms with Crippen LogP contribution in [-0.2, 0) is 9.84 Å². The molecule has 4 heteroatoms. The van der Waals surface area contributed by atoms with Gasteiger partial charge in [-0.15, -0.1) is 0 Å². The quantitative estimate of drug-likeness (QED) is 0.666. The molecule has 66 valence electrons. The molecule has 1 rings (SSSR count). The maximum atomic E-state index is 11.4. The third-order valence-electron chi connectivity index (χ3n) is 2.35. The Morgan fingerprint density at radius 2 is 2.00 bits per heavy atom. The van der Waals surface area contributed by atoms with Gasteiger partial charge >= 0.3 is 0 Å². The highest BCUT2D eigenvalue weighted by molar-refractivity contribution is 7.93. The van der Waals surface area contributed by atoms with Gasteiger partial charge in [-0.2, -0.15) is 0 Å². The number of nitrogens with one attached hydrogen (secondary N) is 1. The summed E-state index contributed by atoms with van der Waals surface area (Å²) in [5.41, 5.74) is 0. The van der Waals surface area contributed by atoms with Gasteiger partial charge in [0.15, 0.2) is 9.84 Å². The van der Waals surface area contributed by atoms with E-state index in [1.54, 1.807) is 14.0 Å². The van der Waals surface area contributed by atoms with Crippen molar-refractivity contribution in [1.82, 2.24) is 5.32 Å². The predicted octanol–water partition coefficient (Wildman–Crippen LogP) is 0.173. The first-order chi connectivity index (χ1) is 5.08. The van der Waals surface area contributed by atoms with Crippen molar-refractivity contribution in [2.45, 2.75) is 24.5 Å². The zero-order chi connectivity index (χ0) is 8.54. The van der Waals surface area contributed by atoms with Gasteiger partial charge in [-0.25, -0.2) is 8.42 Å². The molecule has 0 saturated heterocycles. The zero-order valence-corrected chi connectivity index (χ0v) is 7.87. The highest BCUT2D eigenvalue weighted by Crippen LogP contribution is 2.43. The lowest BCUT2D eigenvalue weighted by atomic mass is 10.4. The van der Waals surface area contributed by atoms with Crippen LogP contribution >= 0.6 is 0 Å². The van der Waals surface area contributed by atoms with Crippen molar-refractivity contribution in [1.29, 1.82) is 0 Å². The summed E-state index contributed by atoms with van der Waals surface area (Å²) in [7, 11) is -1.01. The summed E-state index contributed by atoms with van der Waals surface area (Å²) in [6, 6.07) is 0. The van der Waals surface area contributed by atoms with E-state index in [0.717, 1.165) is 12.8 Å². The van der Waals surface area contributed by atoms with Crippen molar-refractivity contribution in [3.63, 3.8) is 0 Å². The van der Waals surface area contributed by atoms with Crippen LogP contribution in [0.4, 0.5) is 0 Å². The van der Waals surface area contributed by atoms with Gasteiger partial charge in [0.2, 0.25) is 0 Å². The lowest BCUT2D eigenvalue weighted by molar-refractivity contribution is 0.570. The van der Waals surface area contributed by atoms with Crippen molar-refractivity contribution in [3.05, 3.63) is 0 Å². The van der Waals surface area contributed by atoms with Crippen LogP contribution in [0, 0.1) is 0 Å². The molecule has 0 aromatic heterocycles. The van der Waals surface area contributed by atoms with E-state index in [0.29, 0.717) is 6.54 Å². The second kappa shape index (κ2) is 2.75. The zero-order valence-electron chi connectivity index (χ0n) is 7.05. The van der Waals surface area contributed by atoms with Gasteiger partial charge in [0, 0.05) is 12.3 Å². The van der Waals surface area contributed by atoms with Crippen molar-refractivity contribution < 1.29 is 8.42 Å². The standard InChI is InChI=1S/C7H15NO2S/c1-3-11(9,10)7(4-5-7)6-8-2/h8H,3-6H2,1-2H3. The molecule has 1 aliphatic carbocycles. The molecule has 0 spiro atoms. The Hall–Kier alpha value is -0.0900. The smallest absolute Gasteiger partial charge is 0.156 e. The number of sulfone groups is 1. The largest absolute Gasteiger partial charge is 0.318 e. The maximum Gasteiger partial charge on any atom is 0.156 e. The first-order valence-corrected chi connectivity index (χ1v) is 5.60. The van der Waals surface area contributed by atoms with Crippen molar-refractivity contribution in [2.24, 2.45) is 0 Å². The topological polar surface area (TPSA) is 46.2 Å². The van der Waals surface area contributed by atoms with Crippen LogP contribution in [0.15, 0.2) is 0 Å². The summed E-state index contributed by atoms with van der Waals surface area (Å²) in [5, 5.41) is 2.93. The Morgan fingerprint density at radius 3 is 2.27 bits per heavy atom. The Morgan fingerprint density at radius 1 is 1.45 bits per heavy atom. The minimum atomic E-state index is -2.81. The fourth-order valence-corrected chi connectivity index (χ4v) is 3.07. The van der Waals surface area contributed by atoms with Gasteiger partial charge in [-0.05, 0) is 19.9 Å². The molecular weight excluding hydrogens is 162 g/mol. The molecule has 0 aromatic rings. The van der Waals surface area contributed by atoms with Crippen molar-refractivity contribution in [2.75, 3.05) is 19.3 Å².